The number of para-hydroxylation sites is 2. The van der Waals surface area contributed by atoms with Gasteiger partial charge in [0.05, 0.1) is 0 Å². The molecule has 1 amide bonds. The molecule has 2 aliphatic heterocycles. The fourth-order valence-corrected chi connectivity index (χ4v) is 4.41. The van der Waals surface area contributed by atoms with E-state index in [0.29, 0.717) is 12.6 Å². The highest BCUT2D eigenvalue weighted by Crippen LogP contribution is 2.26. The van der Waals surface area contributed by atoms with Crippen molar-refractivity contribution in [2.45, 2.75) is 19.4 Å². The molecule has 3 aromatic rings. The van der Waals surface area contributed by atoms with E-state index >= 15 is 0 Å². The minimum Gasteiger partial charge on any atom is -0.423 e. The van der Waals surface area contributed by atoms with Crippen molar-refractivity contribution in [2.24, 2.45) is 5.92 Å². The van der Waals surface area contributed by atoms with Gasteiger partial charge in [-0.1, -0.05) is 18.2 Å². The first kappa shape index (κ1) is 20.8. The first-order valence-corrected chi connectivity index (χ1v) is 11.4. The molecule has 0 atom stereocenters. The summed E-state index contributed by atoms with van der Waals surface area (Å²) in [4.78, 5) is 28.7. The van der Waals surface area contributed by atoms with Crippen LogP contribution in [0.25, 0.3) is 11.1 Å². The smallest absolute Gasteiger partial charge is 0.298 e. The third kappa shape index (κ3) is 4.55. The van der Waals surface area contributed by atoms with E-state index in [2.05, 4.69) is 49.2 Å². The van der Waals surface area contributed by atoms with Crippen LogP contribution in [0.4, 0.5) is 11.8 Å². The van der Waals surface area contributed by atoms with Gasteiger partial charge in [-0.05, 0) is 43.7 Å². The molecule has 2 aliphatic rings. The summed E-state index contributed by atoms with van der Waals surface area (Å²) in [6, 6.07) is 12.6. The molecular weight excluding hydrogens is 404 g/mol. The lowest BCUT2D eigenvalue weighted by atomic mass is 9.96. The van der Waals surface area contributed by atoms with Gasteiger partial charge >= 0.3 is 0 Å². The van der Waals surface area contributed by atoms with Crippen LogP contribution in [0.3, 0.4) is 0 Å². The Hall–Kier alpha value is -3.13. The van der Waals surface area contributed by atoms with E-state index in [1.54, 1.807) is 0 Å². The van der Waals surface area contributed by atoms with Gasteiger partial charge in [-0.25, -0.2) is 4.98 Å². The summed E-state index contributed by atoms with van der Waals surface area (Å²) >= 11 is 0. The van der Waals surface area contributed by atoms with E-state index in [4.69, 9.17) is 4.42 Å². The second-order valence-electron chi connectivity index (χ2n) is 8.76. The van der Waals surface area contributed by atoms with Crippen LogP contribution in [-0.2, 0) is 11.3 Å². The van der Waals surface area contributed by atoms with Gasteiger partial charge in [0.15, 0.2) is 5.58 Å². The van der Waals surface area contributed by atoms with Crippen LogP contribution in [0.2, 0.25) is 0 Å². The van der Waals surface area contributed by atoms with Crippen LogP contribution >= 0.6 is 0 Å². The van der Waals surface area contributed by atoms with Crippen LogP contribution in [0.5, 0.6) is 0 Å². The first-order chi connectivity index (χ1) is 15.7. The van der Waals surface area contributed by atoms with Crippen molar-refractivity contribution in [3.63, 3.8) is 0 Å². The number of fused-ring (bicyclic) bond motifs is 1. The van der Waals surface area contributed by atoms with E-state index in [9.17, 15) is 4.79 Å². The second kappa shape index (κ2) is 9.16. The molecule has 1 N–H and O–H groups in total. The molecule has 5 rings (SSSR count). The van der Waals surface area contributed by atoms with Crippen molar-refractivity contribution >= 4 is 28.8 Å². The lowest BCUT2D eigenvalue weighted by Gasteiger charge is -2.33. The highest BCUT2D eigenvalue weighted by atomic mass is 16.4. The Morgan fingerprint density at radius 2 is 1.81 bits per heavy atom. The van der Waals surface area contributed by atoms with Gasteiger partial charge in [0.2, 0.25) is 5.91 Å². The van der Waals surface area contributed by atoms with Crippen LogP contribution < -0.4 is 15.1 Å². The van der Waals surface area contributed by atoms with Gasteiger partial charge in [-0.3, -0.25) is 4.79 Å². The molecule has 0 radical (unpaired) electrons. The monoisotopic (exact) mass is 434 g/mol. The Kier molecular flexibility index (Phi) is 5.94. The molecule has 168 valence electrons. The fraction of sp³-hybridized carbons (Fsp3) is 0.458. The molecule has 0 aliphatic carbocycles. The largest absolute Gasteiger partial charge is 0.423 e. The van der Waals surface area contributed by atoms with E-state index < -0.39 is 0 Å². The maximum absolute atomic E-state index is 12.7. The zero-order valence-electron chi connectivity index (χ0n) is 18.5. The van der Waals surface area contributed by atoms with Crippen molar-refractivity contribution in [2.75, 3.05) is 56.1 Å². The van der Waals surface area contributed by atoms with Gasteiger partial charge in [0, 0.05) is 57.9 Å². The third-order valence-corrected chi connectivity index (χ3v) is 6.52. The van der Waals surface area contributed by atoms with Crippen molar-refractivity contribution in [1.29, 1.82) is 0 Å². The number of aromatic nitrogens is 2. The van der Waals surface area contributed by atoms with Crippen molar-refractivity contribution in [3.8, 4) is 0 Å². The normalized spacial score (nSPS) is 18.3. The van der Waals surface area contributed by atoms with Crippen molar-refractivity contribution in [3.05, 3.63) is 48.2 Å². The van der Waals surface area contributed by atoms with Crippen molar-refractivity contribution < 1.29 is 9.21 Å². The average Bonchev–Trinajstić information content (AvgIpc) is 3.28. The number of hydrogen-bond donors (Lipinski definition) is 1. The van der Waals surface area contributed by atoms with Crippen LogP contribution in [0, 0.1) is 5.92 Å². The number of piperidine rings is 1. The predicted molar refractivity (Wildman–Crippen MR) is 125 cm³/mol. The van der Waals surface area contributed by atoms with E-state index in [1.807, 2.05) is 30.5 Å². The summed E-state index contributed by atoms with van der Waals surface area (Å²) in [5, 5.41) is 3.09. The average molecular weight is 435 g/mol. The highest BCUT2D eigenvalue weighted by molar-refractivity contribution is 5.79. The summed E-state index contributed by atoms with van der Waals surface area (Å²) in [6.07, 6.45) is 3.47. The number of rotatable bonds is 5. The lowest BCUT2D eigenvalue weighted by Crippen LogP contribution is -2.44. The van der Waals surface area contributed by atoms with Gasteiger partial charge < -0.3 is 24.4 Å². The Bertz CT molecular complexity index is 1020. The van der Waals surface area contributed by atoms with Crippen LogP contribution in [0.1, 0.15) is 18.4 Å². The van der Waals surface area contributed by atoms with Gasteiger partial charge in [0.25, 0.3) is 6.01 Å². The zero-order chi connectivity index (χ0) is 21.9. The Balaban J connectivity index is 1.09. The van der Waals surface area contributed by atoms with Gasteiger partial charge in [-0.15, -0.1) is 0 Å². The topological polar surface area (TPSA) is 77.7 Å². The third-order valence-electron chi connectivity index (χ3n) is 6.52. The summed E-state index contributed by atoms with van der Waals surface area (Å²) in [6.45, 7) is 6.18. The predicted octanol–water partition coefficient (Wildman–Crippen LogP) is 2.51. The number of nitrogens with one attached hydrogen (secondary N) is 1. The minimum atomic E-state index is 0.0215. The Morgan fingerprint density at radius 1 is 1.03 bits per heavy atom. The molecule has 8 heteroatoms. The van der Waals surface area contributed by atoms with Gasteiger partial charge in [-0.2, -0.15) is 4.98 Å². The Labute approximate surface area is 188 Å². The molecule has 0 bridgehead atoms. The number of anilines is 2. The number of benzene rings is 1. The number of pyridine rings is 1. The number of carbonyl (C=O) groups is 1. The number of amides is 1. The molecule has 2 fully saturated rings. The van der Waals surface area contributed by atoms with Gasteiger partial charge in [0.1, 0.15) is 11.3 Å². The van der Waals surface area contributed by atoms with Crippen molar-refractivity contribution in [1.82, 2.24) is 20.2 Å². The molecular formula is C24H30N6O2. The standard InChI is InChI=1S/C24H30N6O2/c1-28-12-14-29(15-13-28)22-7-6-18(16-25-22)17-26-23(31)19-8-10-30(11-9-19)24-27-20-4-2-3-5-21(20)32-24/h2-7,16,19H,8-15,17H2,1H3,(H,26,31). The summed E-state index contributed by atoms with van der Waals surface area (Å²) < 4.78 is 5.87. The quantitative estimate of drug-likeness (QED) is 0.661. The molecule has 1 aromatic carbocycles. The molecule has 0 spiro atoms. The summed E-state index contributed by atoms with van der Waals surface area (Å²) in [7, 11) is 2.15. The van der Waals surface area contributed by atoms with Crippen LogP contribution in [-0.4, -0.2) is 67.1 Å². The number of likely N-dealkylation sites (N-methyl/N-ethyl adjacent to an activating group) is 1. The summed E-state index contributed by atoms with van der Waals surface area (Å²) in [5.74, 6) is 1.15. The summed E-state index contributed by atoms with van der Waals surface area (Å²) in [5.41, 5.74) is 2.70. The number of piperazine rings is 1. The molecule has 0 unspecified atom stereocenters. The molecule has 8 nitrogen and oxygen atoms in total. The maximum Gasteiger partial charge on any atom is 0.298 e. The maximum atomic E-state index is 12.7. The molecule has 0 saturated carbocycles. The number of carbonyl (C=O) groups excluding carboxylic acids is 1. The lowest BCUT2D eigenvalue weighted by molar-refractivity contribution is -0.125. The zero-order valence-corrected chi connectivity index (χ0v) is 18.5. The molecule has 2 saturated heterocycles. The fourth-order valence-electron chi connectivity index (χ4n) is 4.41. The van der Waals surface area contributed by atoms with E-state index in [0.717, 1.165) is 74.6 Å². The van der Waals surface area contributed by atoms with Crippen LogP contribution in [0.15, 0.2) is 47.0 Å². The molecule has 4 heterocycles. The second-order valence-corrected chi connectivity index (χ2v) is 8.76. The first-order valence-electron chi connectivity index (χ1n) is 11.4. The van der Waals surface area contributed by atoms with E-state index in [-0.39, 0.29) is 11.8 Å². The highest BCUT2D eigenvalue weighted by Gasteiger charge is 2.27. The Morgan fingerprint density at radius 3 is 2.53 bits per heavy atom. The molecule has 2 aromatic heterocycles. The molecule has 32 heavy (non-hydrogen) atoms. The number of oxazole rings is 1. The number of hydrogen-bond acceptors (Lipinski definition) is 7. The van der Waals surface area contributed by atoms with E-state index in [1.165, 1.54) is 0 Å². The minimum absolute atomic E-state index is 0.0215. The number of nitrogens with zero attached hydrogens (tertiary/aromatic N) is 5. The SMILES string of the molecule is CN1CCN(c2ccc(CNC(=O)C3CCN(c4nc5ccccc5o4)CC3)cn2)CC1.